The van der Waals surface area contributed by atoms with E-state index < -0.39 is 0 Å². The first kappa shape index (κ1) is 23.9. The van der Waals surface area contributed by atoms with E-state index in [2.05, 4.69) is 26.8 Å². The number of hydrogen-bond donors (Lipinski definition) is 2. The average Bonchev–Trinajstić information content (AvgIpc) is 3.35. The molecule has 0 aliphatic rings. The summed E-state index contributed by atoms with van der Waals surface area (Å²) < 4.78 is 1.64. The van der Waals surface area contributed by atoms with E-state index in [4.69, 9.17) is 0 Å². The summed E-state index contributed by atoms with van der Waals surface area (Å²) in [5, 5.41) is 12.1. The van der Waals surface area contributed by atoms with Gasteiger partial charge in [-0.15, -0.1) is 0 Å². The molecule has 0 spiro atoms. The molecule has 2 aromatic heterocycles. The molecular weight excluding hydrogens is 462 g/mol. The lowest BCUT2D eigenvalue weighted by Gasteiger charge is -2.19. The van der Waals surface area contributed by atoms with Crippen LogP contribution in [-0.2, 0) is 7.05 Å². The Bertz CT molecular complexity index is 1590. The van der Waals surface area contributed by atoms with Crippen LogP contribution in [0, 0.1) is 0 Å². The number of carbonyl (C=O) groups is 2. The first-order chi connectivity index (χ1) is 18.0. The third kappa shape index (κ3) is 5.41. The van der Waals surface area contributed by atoms with Crippen molar-refractivity contribution in [2.45, 2.75) is 19.4 Å². The first-order valence-electron chi connectivity index (χ1n) is 12.1. The largest absolute Gasteiger partial charge is 0.345 e. The van der Waals surface area contributed by atoms with Gasteiger partial charge in [-0.05, 0) is 64.9 Å². The summed E-state index contributed by atoms with van der Waals surface area (Å²) in [5.74, 6) is -0.319. The highest BCUT2D eigenvalue weighted by atomic mass is 16.2. The third-order valence-electron chi connectivity index (χ3n) is 6.33. The number of amides is 2. The molecule has 1 unspecified atom stereocenters. The minimum Gasteiger partial charge on any atom is -0.345 e. The van der Waals surface area contributed by atoms with Crippen LogP contribution in [-0.4, -0.2) is 26.6 Å². The summed E-state index contributed by atoms with van der Waals surface area (Å²) in [6.07, 6.45) is 7.61. The van der Waals surface area contributed by atoms with Crippen LogP contribution in [0.1, 0.15) is 45.7 Å². The molecule has 7 heteroatoms. The zero-order chi connectivity index (χ0) is 25.8. The third-order valence-corrected chi connectivity index (χ3v) is 6.33. The lowest BCUT2D eigenvalue weighted by atomic mass is 9.97. The number of fused-ring (bicyclic) bond motifs is 1. The molecule has 5 rings (SSSR count). The van der Waals surface area contributed by atoms with Gasteiger partial charge in [0, 0.05) is 42.2 Å². The Kier molecular flexibility index (Phi) is 6.76. The van der Waals surface area contributed by atoms with Crippen LogP contribution < -0.4 is 10.6 Å². The van der Waals surface area contributed by atoms with E-state index in [1.54, 1.807) is 42.6 Å². The van der Waals surface area contributed by atoms with Gasteiger partial charge in [0.15, 0.2) is 0 Å². The summed E-state index contributed by atoms with van der Waals surface area (Å²) in [6.45, 7) is 2.05. The van der Waals surface area contributed by atoms with Gasteiger partial charge in [0.2, 0.25) is 0 Å². The molecule has 0 aliphatic heterocycles. The van der Waals surface area contributed by atoms with Gasteiger partial charge in [-0.25, -0.2) is 0 Å². The standard InChI is InChI=1S/C30H27N5O2/c1-3-28(34-30(37)25-10-11-26-17-31-13-12-22(26)16-25)23-8-4-6-20(14-23)21-7-5-9-24(15-21)29(36)33-27-18-32-35(2)19-27/h4-19,28H,3H2,1-2H3,(H,33,36)(H,34,37). The molecule has 2 heterocycles. The van der Waals surface area contributed by atoms with E-state index in [0.717, 1.165) is 33.9 Å². The van der Waals surface area contributed by atoms with E-state index in [1.165, 1.54) is 0 Å². The predicted molar refractivity (Wildman–Crippen MR) is 145 cm³/mol. The number of carbonyl (C=O) groups excluding carboxylic acids is 2. The average molecular weight is 490 g/mol. The van der Waals surface area contributed by atoms with Crippen molar-refractivity contribution in [3.05, 3.63) is 114 Å². The maximum absolute atomic E-state index is 13.1. The predicted octanol–water partition coefficient (Wildman–Crippen LogP) is 5.77. The summed E-state index contributed by atoms with van der Waals surface area (Å²) in [5.41, 5.74) is 4.71. The SMILES string of the molecule is CCC(NC(=O)c1ccc2cnccc2c1)c1cccc(-c2cccc(C(=O)Nc3cnn(C)c3)c2)c1. The smallest absolute Gasteiger partial charge is 0.255 e. The number of aryl methyl sites for hydroxylation is 1. The maximum atomic E-state index is 13.1. The first-order valence-corrected chi connectivity index (χ1v) is 12.1. The lowest BCUT2D eigenvalue weighted by Crippen LogP contribution is -2.28. The molecule has 0 bridgehead atoms. The van der Waals surface area contributed by atoms with Crippen LogP contribution in [0.4, 0.5) is 5.69 Å². The van der Waals surface area contributed by atoms with Crippen molar-refractivity contribution in [1.29, 1.82) is 0 Å². The fraction of sp³-hybridized carbons (Fsp3) is 0.133. The Balaban J connectivity index is 1.35. The molecule has 37 heavy (non-hydrogen) atoms. The van der Waals surface area contributed by atoms with Crippen LogP contribution in [0.3, 0.4) is 0 Å². The second-order valence-electron chi connectivity index (χ2n) is 8.93. The molecule has 1 atom stereocenters. The van der Waals surface area contributed by atoms with Crippen molar-refractivity contribution >= 4 is 28.3 Å². The topological polar surface area (TPSA) is 88.9 Å². The van der Waals surface area contributed by atoms with Gasteiger partial charge in [0.05, 0.1) is 17.9 Å². The number of rotatable bonds is 7. The fourth-order valence-corrected chi connectivity index (χ4v) is 4.35. The quantitative estimate of drug-likeness (QED) is 0.304. The Labute approximate surface area is 215 Å². The number of anilines is 1. The molecule has 184 valence electrons. The number of hydrogen-bond acceptors (Lipinski definition) is 4. The number of benzene rings is 3. The zero-order valence-electron chi connectivity index (χ0n) is 20.7. The number of aromatic nitrogens is 3. The van der Waals surface area contributed by atoms with Gasteiger partial charge >= 0.3 is 0 Å². The normalized spacial score (nSPS) is 11.7. The van der Waals surface area contributed by atoms with Crippen molar-refractivity contribution in [1.82, 2.24) is 20.1 Å². The van der Waals surface area contributed by atoms with Gasteiger partial charge in [-0.2, -0.15) is 5.10 Å². The van der Waals surface area contributed by atoms with Gasteiger partial charge in [0.1, 0.15) is 0 Å². The van der Waals surface area contributed by atoms with Crippen LogP contribution in [0.25, 0.3) is 21.9 Å². The van der Waals surface area contributed by atoms with Crippen molar-refractivity contribution < 1.29 is 9.59 Å². The highest BCUT2D eigenvalue weighted by Gasteiger charge is 2.16. The molecule has 2 N–H and O–H groups in total. The highest BCUT2D eigenvalue weighted by Crippen LogP contribution is 2.26. The summed E-state index contributed by atoms with van der Waals surface area (Å²) in [4.78, 5) is 30.0. The fourth-order valence-electron chi connectivity index (χ4n) is 4.35. The van der Waals surface area contributed by atoms with Gasteiger partial charge in [-0.3, -0.25) is 19.3 Å². The van der Waals surface area contributed by atoms with Crippen LogP contribution in [0.2, 0.25) is 0 Å². The van der Waals surface area contributed by atoms with Gasteiger partial charge in [-0.1, -0.05) is 43.3 Å². The molecule has 0 radical (unpaired) electrons. The Morgan fingerprint density at radius 3 is 2.43 bits per heavy atom. The van der Waals surface area contributed by atoms with E-state index in [0.29, 0.717) is 16.8 Å². The summed E-state index contributed by atoms with van der Waals surface area (Å²) >= 11 is 0. The van der Waals surface area contributed by atoms with Crippen molar-refractivity contribution in [3.63, 3.8) is 0 Å². The monoisotopic (exact) mass is 489 g/mol. The Hall–Kier alpha value is -4.78. The van der Waals surface area contributed by atoms with Crippen molar-refractivity contribution in [2.24, 2.45) is 7.05 Å². The van der Waals surface area contributed by atoms with E-state index in [-0.39, 0.29) is 17.9 Å². The lowest BCUT2D eigenvalue weighted by molar-refractivity contribution is 0.0935. The van der Waals surface area contributed by atoms with E-state index in [1.807, 2.05) is 67.6 Å². The maximum Gasteiger partial charge on any atom is 0.255 e. The number of nitrogens with one attached hydrogen (secondary N) is 2. The molecule has 2 amide bonds. The molecule has 0 fully saturated rings. The second-order valence-corrected chi connectivity index (χ2v) is 8.93. The molecule has 0 aliphatic carbocycles. The van der Waals surface area contributed by atoms with Crippen LogP contribution in [0.15, 0.2) is 97.6 Å². The van der Waals surface area contributed by atoms with Crippen molar-refractivity contribution in [3.8, 4) is 11.1 Å². The molecule has 3 aromatic carbocycles. The minimum absolute atomic E-state index is 0.120. The molecular formula is C30H27N5O2. The molecule has 7 nitrogen and oxygen atoms in total. The second kappa shape index (κ2) is 10.5. The van der Waals surface area contributed by atoms with E-state index >= 15 is 0 Å². The van der Waals surface area contributed by atoms with Gasteiger partial charge < -0.3 is 10.6 Å². The highest BCUT2D eigenvalue weighted by molar-refractivity contribution is 6.04. The Morgan fingerprint density at radius 1 is 0.865 bits per heavy atom. The minimum atomic E-state index is -0.198. The van der Waals surface area contributed by atoms with Gasteiger partial charge in [0.25, 0.3) is 11.8 Å². The van der Waals surface area contributed by atoms with Crippen LogP contribution >= 0.6 is 0 Å². The Morgan fingerprint density at radius 2 is 1.65 bits per heavy atom. The number of nitrogens with zero attached hydrogens (tertiary/aromatic N) is 3. The molecule has 0 saturated heterocycles. The zero-order valence-corrected chi connectivity index (χ0v) is 20.7. The van der Waals surface area contributed by atoms with Crippen LogP contribution in [0.5, 0.6) is 0 Å². The number of pyridine rings is 1. The molecule has 0 saturated carbocycles. The molecule has 5 aromatic rings. The summed E-state index contributed by atoms with van der Waals surface area (Å²) in [6, 6.07) is 22.9. The van der Waals surface area contributed by atoms with E-state index in [9.17, 15) is 9.59 Å². The summed E-state index contributed by atoms with van der Waals surface area (Å²) in [7, 11) is 1.80. The van der Waals surface area contributed by atoms with Crippen molar-refractivity contribution in [2.75, 3.05) is 5.32 Å².